The molecule has 186 valence electrons. The fraction of sp³-hybridized carbons (Fsp3) is 0. The molecular formula is C36H22N4. The summed E-state index contributed by atoms with van der Waals surface area (Å²) in [5.41, 5.74) is 7.15. The average molecular weight is 511 g/mol. The van der Waals surface area contributed by atoms with Crippen molar-refractivity contribution in [2.24, 2.45) is 0 Å². The van der Waals surface area contributed by atoms with Crippen LogP contribution in [0, 0.1) is 6.57 Å². The van der Waals surface area contributed by atoms with E-state index in [0.29, 0.717) is 5.69 Å². The highest BCUT2D eigenvalue weighted by Gasteiger charge is 2.22. The first-order valence-electron chi connectivity index (χ1n) is 13.3. The van der Waals surface area contributed by atoms with Crippen LogP contribution in [0.3, 0.4) is 0 Å². The summed E-state index contributed by atoms with van der Waals surface area (Å²) >= 11 is 0. The lowest BCUT2D eigenvalue weighted by Crippen LogP contribution is -2.10. The highest BCUT2D eigenvalue weighted by molar-refractivity contribution is 6.27. The Hall–Kier alpha value is -5.66. The van der Waals surface area contributed by atoms with Gasteiger partial charge in [0.25, 0.3) is 0 Å². The number of fused-ring (bicyclic) bond motifs is 1. The van der Waals surface area contributed by atoms with E-state index in [1.165, 1.54) is 43.4 Å². The van der Waals surface area contributed by atoms with Crippen molar-refractivity contribution >= 4 is 66.1 Å². The molecule has 0 aliphatic heterocycles. The molecule has 2 aromatic heterocycles. The van der Waals surface area contributed by atoms with Crippen LogP contribution in [0.25, 0.3) is 53.9 Å². The van der Waals surface area contributed by atoms with E-state index in [9.17, 15) is 0 Å². The quantitative estimate of drug-likeness (QED) is 0.174. The van der Waals surface area contributed by atoms with Gasteiger partial charge in [-0.15, -0.1) is 0 Å². The third-order valence-corrected chi connectivity index (χ3v) is 7.81. The van der Waals surface area contributed by atoms with Crippen molar-refractivity contribution in [3.8, 4) is 5.69 Å². The maximum Gasteiger partial charge on any atom is 0.187 e. The van der Waals surface area contributed by atoms with Crippen LogP contribution in [0.4, 0.5) is 22.7 Å². The van der Waals surface area contributed by atoms with Gasteiger partial charge >= 0.3 is 0 Å². The molecule has 0 aliphatic carbocycles. The largest absolute Gasteiger partial charge is 0.309 e. The monoisotopic (exact) mass is 510 g/mol. The molecule has 0 atom stereocenters. The lowest BCUT2D eigenvalue weighted by Gasteiger charge is -2.26. The zero-order valence-corrected chi connectivity index (χ0v) is 21.5. The summed E-state index contributed by atoms with van der Waals surface area (Å²) in [6.45, 7) is 7.39. The predicted molar refractivity (Wildman–Crippen MR) is 166 cm³/mol. The highest BCUT2D eigenvalue weighted by atomic mass is 15.1. The van der Waals surface area contributed by atoms with Gasteiger partial charge in [0.1, 0.15) is 0 Å². The summed E-state index contributed by atoms with van der Waals surface area (Å²) < 4.78 is 2.39. The Morgan fingerprint density at radius 1 is 0.625 bits per heavy atom. The van der Waals surface area contributed by atoms with Crippen LogP contribution in [0.2, 0.25) is 0 Å². The van der Waals surface area contributed by atoms with Crippen LogP contribution in [0.15, 0.2) is 134 Å². The van der Waals surface area contributed by atoms with E-state index in [2.05, 4.69) is 110 Å². The van der Waals surface area contributed by atoms with Crippen molar-refractivity contribution in [3.05, 3.63) is 145 Å². The van der Waals surface area contributed by atoms with E-state index < -0.39 is 0 Å². The molecule has 0 saturated heterocycles. The second-order valence-electron chi connectivity index (χ2n) is 10.0. The third-order valence-electron chi connectivity index (χ3n) is 7.81. The zero-order valence-electron chi connectivity index (χ0n) is 21.5. The van der Waals surface area contributed by atoms with Gasteiger partial charge < -0.3 is 9.47 Å². The van der Waals surface area contributed by atoms with Crippen molar-refractivity contribution in [1.82, 2.24) is 9.55 Å². The van der Waals surface area contributed by atoms with Crippen LogP contribution in [0.1, 0.15) is 0 Å². The molecule has 0 N–H and O–H groups in total. The molecule has 6 aromatic carbocycles. The maximum absolute atomic E-state index is 7.39. The number of pyridine rings is 1. The SMILES string of the molecule is [C-]#[N+]c1ccc(N(c2cccnc2)c2ccc3c4c2ccc2cccc(c24)n3-c2ccc3ccccc3c2)cc1. The Labute approximate surface area is 231 Å². The number of aromatic nitrogens is 2. The molecule has 0 bridgehead atoms. The van der Waals surface area contributed by atoms with Crippen LogP contribution < -0.4 is 4.90 Å². The van der Waals surface area contributed by atoms with Gasteiger partial charge in [0.15, 0.2) is 5.69 Å². The Morgan fingerprint density at radius 2 is 1.43 bits per heavy atom. The molecule has 0 amide bonds. The molecule has 0 fully saturated rings. The van der Waals surface area contributed by atoms with Gasteiger partial charge in [-0.1, -0.05) is 66.7 Å². The van der Waals surface area contributed by atoms with Crippen molar-refractivity contribution in [2.45, 2.75) is 0 Å². The standard InChI is InChI=1S/C36H22N4/c1-37-27-13-16-28(17-14-27)39(30-9-5-21-38-23-30)32-19-20-34-36-31(32)18-12-25-8-4-10-33(35(25)36)40(34)29-15-11-24-6-2-3-7-26(24)22-29/h2-23H. The molecule has 4 heteroatoms. The van der Waals surface area contributed by atoms with E-state index in [1.807, 2.05) is 36.5 Å². The highest BCUT2D eigenvalue weighted by Crippen LogP contribution is 2.45. The number of hydrogen-bond acceptors (Lipinski definition) is 2. The summed E-state index contributed by atoms with van der Waals surface area (Å²) in [7, 11) is 0. The van der Waals surface area contributed by atoms with Gasteiger partial charge in [0, 0.05) is 33.7 Å². The Balaban J connectivity index is 1.44. The number of rotatable bonds is 4. The summed E-state index contributed by atoms with van der Waals surface area (Å²) in [5.74, 6) is 0. The molecule has 0 spiro atoms. The Morgan fingerprint density at radius 3 is 2.25 bits per heavy atom. The van der Waals surface area contributed by atoms with Gasteiger partial charge in [-0.3, -0.25) is 4.98 Å². The number of benzene rings is 6. The number of hydrogen-bond donors (Lipinski definition) is 0. The topological polar surface area (TPSA) is 25.4 Å². The van der Waals surface area contributed by atoms with Gasteiger partial charge in [-0.2, -0.15) is 0 Å². The van der Waals surface area contributed by atoms with E-state index in [4.69, 9.17) is 6.57 Å². The summed E-state index contributed by atoms with van der Waals surface area (Å²) in [4.78, 5) is 10.2. The summed E-state index contributed by atoms with van der Waals surface area (Å²) in [6.07, 6.45) is 3.68. The fourth-order valence-electron chi connectivity index (χ4n) is 6.05. The van der Waals surface area contributed by atoms with E-state index in [0.717, 1.165) is 22.7 Å². The third kappa shape index (κ3) is 3.28. The summed E-state index contributed by atoms with van der Waals surface area (Å²) in [6, 6.07) is 42.5. The first-order valence-corrected chi connectivity index (χ1v) is 13.3. The second-order valence-corrected chi connectivity index (χ2v) is 10.0. The fourth-order valence-corrected chi connectivity index (χ4v) is 6.05. The lowest BCUT2D eigenvalue weighted by atomic mass is 10.00. The zero-order chi connectivity index (χ0) is 26.6. The predicted octanol–water partition coefficient (Wildman–Crippen LogP) is 9.94. The van der Waals surface area contributed by atoms with Crippen molar-refractivity contribution in [3.63, 3.8) is 0 Å². The van der Waals surface area contributed by atoms with Crippen LogP contribution in [-0.2, 0) is 0 Å². The maximum atomic E-state index is 7.39. The molecular weight excluding hydrogens is 488 g/mol. The van der Waals surface area contributed by atoms with Crippen molar-refractivity contribution in [1.29, 1.82) is 0 Å². The normalized spacial score (nSPS) is 11.5. The smallest absolute Gasteiger partial charge is 0.187 e. The molecule has 0 aliphatic rings. The van der Waals surface area contributed by atoms with E-state index in [-0.39, 0.29) is 0 Å². The van der Waals surface area contributed by atoms with E-state index >= 15 is 0 Å². The Bertz CT molecular complexity index is 2220. The molecule has 0 saturated carbocycles. The molecule has 0 unspecified atom stereocenters. The minimum absolute atomic E-state index is 0.620. The van der Waals surface area contributed by atoms with Crippen LogP contribution in [-0.4, -0.2) is 9.55 Å². The molecule has 8 rings (SSSR count). The van der Waals surface area contributed by atoms with Crippen molar-refractivity contribution in [2.75, 3.05) is 4.90 Å². The molecule has 40 heavy (non-hydrogen) atoms. The molecule has 4 nitrogen and oxygen atoms in total. The molecule has 8 aromatic rings. The molecule has 0 radical (unpaired) electrons. The number of nitrogens with zero attached hydrogens (tertiary/aromatic N) is 4. The van der Waals surface area contributed by atoms with Crippen molar-refractivity contribution < 1.29 is 0 Å². The number of anilines is 3. The first-order chi connectivity index (χ1) is 19.8. The second kappa shape index (κ2) is 8.69. The average Bonchev–Trinajstić information content (AvgIpc) is 3.37. The van der Waals surface area contributed by atoms with Crippen LogP contribution in [0.5, 0.6) is 0 Å². The van der Waals surface area contributed by atoms with Gasteiger partial charge in [-0.05, 0) is 70.8 Å². The van der Waals surface area contributed by atoms with Gasteiger partial charge in [-0.25, -0.2) is 4.85 Å². The Kier molecular flexibility index (Phi) is 4.85. The summed E-state index contributed by atoms with van der Waals surface area (Å²) in [5, 5.41) is 7.35. The van der Waals surface area contributed by atoms with Crippen LogP contribution >= 0.6 is 0 Å². The first kappa shape index (κ1) is 22.3. The minimum Gasteiger partial charge on any atom is -0.309 e. The van der Waals surface area contributed by atoms with Gasteiger partial charge in [0.05, 0.1) is 35.2 Å². The lowest BCUT2D eigenvalue weighted by molar-refractivity contribution is 1.18. The molecule has 2 heterocycles. The van der Waals surface area contributed by atoms with E-state index in [1.54, 1.807) is 6.20 Å². The minimum atomic E-state index is 0.620. The van der Waals surface area contributed by atoms with Gasteiger partial charge in [0.2, 0.25) is 0 Å².